The van der Waals surface area contributed by atoms with E-state index in [0.29, 0.717) is 5.56 Å². The molecule has 2 unspecified atom stereocenters. The molecule has 28 heavy (non-hydrogen) atoms. The topological polar surface area (TPSA) is 105 Å². The fourth-order valence-corrected chi connectivity index (χ4v) is 3.16. The first-order valence-corrected chi connectivity index (χ1v) is 9.10. The predicted molar refractivity (Wildman–Crippen MR) is 105 cm³/mol. The average molecular weight is 380 g/mol. The molecular formula is C21H24N4O3. The second kappa shape index (κ2) is 7.82. The maximum Gasteiger partial charge on any atom is 0.325 e. The lowest BCUT2D eigenvalue weighted by molar-refractivity contribution is -0.134. The molecule has 0 aliphatic carbocycles. The highest BCUT2D eigenvalue weighted by Crippen LogP contribution is 2.28. The van der Waals surface area contributed by atoms with Gasteiger partial charge in [0.25, 0.3) is 5.91 Å². The molecule has 0 saturated carbocycles. The zero-order valence-corrected chi connectivity index (χ0v) is 15.9. The summed E-state index contributed by atoms with van der Waals surface area (Å²) in [4.78, 5) is 38.4. The molecule has 2 atom stereocenters. The number of nitrogens with zero attached hydrogens (tertiary/aromatic N) is 1. The van der Waals surface area contributed by atoms with Gasteiger partial charge in [-0.05, 0) is 25.0 Å². The lowest BCUT2D eigenvalue weighted by atomic mass is 9.91. The van der Waals surface area contributed by atoms with Gasteiger partial charge in [-0.3, -0.25) is 14.5 Å². The van der Waals surface area contributed by atoms with Gasteiger partial charge in [0, 0.05) is 12.6 Å². The summed E-state index contributed by atoms with van der Waals surface area (Å²) >= 11 is 0. The van der Waals surface area contributed by atoms with Crippen LogP contribution in [0, 0.1) is 6.92 Å². The highest BCUT2D eigenvalue weighted by atomic mass is 16.2. The van der Waals surface area contributed by atoms with Gasteiger partial charge in [-0.25, -0.2) is 4.79 Å². The third kappa shape index (κ3) is 3.89. The largest absolute Gasteiger partial charge is 0.353 e. The number of urea groups is 1. The molecule has 1 aliphatic rings. The Labute approximate surface area is 163 Å². The zero-order chi connectivity index (χ0) is 20.3. The molecule has 0 radical (unpaired) electrons. The predicted octanol–water partition coefficient (Wildman–Crippen LogP) is 1.58. The van der Waals surface area contributed by atoms with Crippen molar-refractivity contribution in [2.75, 3.05) is 13.1 Å². The van der Waals surface area contributed by atoms with Crippen molar-refractivity contribution in [3.63, 3.8) is 0 Å². The molecule has 1 saturated heterocycles. The summed E-state index contributed by atoms with van der Waals surface area (Å²) in [6.45, 7) is 3.44. The van der Waals surface area contributed by atoms with Crippen molar-refractivity contribution in [1.29, 1.82) is 0 Å². The highest BCUT2D eigenvalue weighted by Gasteiger charge is 2.49. The van der Waals surface area contributed by atoms with E-state index in [-0.39, 0.29) is 19.1 Å². The Balaban J connectivity index is 1.62. The van der Waals surface area contributed by atoms with E-state index < -0.39 is 23.4 Å². The number of carbonyl (C=O) groups is 3. The number of carbonyl (C=O) groups excluding carboxylic acids is 3. The number of aryl methyl sites for hydroxylation is 1. The minimum atomic E-state index is -1.19. The van der Waals surface area contributed by atoms with E-state index in [0.717, 1.165) is 16.0 Å². The number of rotatable bonds is 6. The van der Waals surface area contributed by atoms with Crippen molar-refractivity contribution < 1.29 is 14.4 Å². The molecule has 2 aromatic rings. The first-order chi connectivity index (χ1) is 13.3. The fourth-order valence-electron chi connectivity index (χ4n) is 3.16. The van der Waals surface area contributed by atoms with Crippen molar-refractivity contribution in [2.45, 2.75) is 25.4 Å². The summed E-state index contributed by atoms with van der Waals surface area (Å²) in [5, 5.41) is 5.38. The van der Waals surface area contributed by atoms with Crippen LogP contribution in [-0.4, -0.2) is 35.8 Å². The van der Waals surface area contributed by atoms with Crippen molar-refractivity contribution in [3.8, 4) is 0 Å². The van der Waals surface area contributed by atoms with Gasteiger partial charge in [-0.1, -0.05) is 60.2 Å². The van der Waals surface area contributed by atoms with Crippen LogP contribution < -0.4 is 16.4 Å². The molecule has 4 amide bonds. The Kier molecular flexibility index (Phi) is 5.46. The minimum Gasteiger partial charge on any atom is -0.353 e. The van der Waals surface area contributed by atoms with E-state index in [1.54, 1.807) is 19.1 Å². The van der Waals surface area contributed by atoms with Gasteiger partial charge in [0.1, 0.15) is 12.1 Å². The van der Waals surface area contributed by atoms with E-state index in [1.165, 1.54) is 0 Å². The van der Waals surface area contributed by atoms with Crippen LogP contribution in [0.4, 0.5) is 4.79 Å². The quantitative estimate of drug-likeness (QED) is 0.662. The van der Waals surface area contributed by atoms with Gasteiger partial charge >= 0.3 is 6.03 Å². The van der Waals surface area contributed by atoms with Gasteiger partial charge in [0.15, 0.2) is 0 Å². The summed E-state index contributed by atoms with van der Waals surface area (Å²) in [6, 6.07) is 15.8. The smallest absolute Gasteiger partial charge is 0.325 e. The van der Waals surface area contributed by atoms with E-state index in [1.807, 2.05) is 49.4 Å². The normalized spacial score (nSPS) is 20.0. The summed E-state index contributed by atoms with van der Waals surface area (Å²) in [6.07, 6.45) is 0. The maximum atomic E-state index is 12.9. The van der Waals surface area contributed by atoms with Gasteiger partial charge in [-0.15, -0.1) is 0 Å². The average Bonchev–Trinajstić information content (AvgIpc) is 2.91. The van der Waals surface area contributed by atoms with Crippen molar-refractivity contribution in [3.05, 3.63) is 71.3 Å². The standard InChI is InChI=1S/C21H24N4O3/c1-14-8-10-16(11-9-14)21(2)19(27)25(20(28)24-21)13-18(26)23-12-17(22)15-6-4-3-5-7-15/h3-11,17H,12-13,22H2,1-2H3,(H,23,26)(H,24,28). The third-order valence-electron chi connectivity index (χ3n) is 4.95. The second-order valence-corrected chi connectivity index (χ2v) is 7.13. The molecule has 1 fully saturated rings. The van der Waals surface area contributed by atoms with Crippen LogP contribution in [0.1, 0.15) is 29.7 Å². The maximum absolute atomic E-state index is 12.9. The first-order valence-electron chi connectivity index (χ1n) is 9.10. The molecule has 4 N–H and O–H groups in total. The summed E-state index contributed by atoms with van der Waals surface area (Å²) in [5.74, 6) is -0.896. The molecule has 7 heteroatoms. The monoisotopic (exact) mass is 380 g/mol. The Bertz CT molecular complexity index is 882. The molecule has 3 rings (SSSR count). The first kappa shape index (κ1) is 19.6. The molecule has 7 nitrogen and oxygen atoms in total. The third-order valence-corrected chi connectivity index (χ3v) is 4.95. The molecule has 0 bridgehead atoms. The van der Waals surface area contributed by atoms with E-state index >= 15 is 0 Å². The fraction of sp³-hybridized carbons (Fsp3) is 0.286. The van der Waals surface area contributed by atoms with Crippen LogP contribution in [0.3, 0.4) is 0 Å². The number of benzene rings is 2. The van der Waals surface area contributed by atoms with Crippen LogP contribution >= 0.6 is 0 Å². The van der Waals surface area contributed by atoms with Crippen LogP contribution in [0.2, 0.25) is 0 Å². The molecule has 1 heterocycles. The van der Waals surface area contributed by atoms with Gasteiger partial charge in [0.05, 0.1) is 0 Å². The van der Waals surface area contributed by atoms with Crippen molar-refractivity contribution >= 4 is 17.8 Å². The highest BCUT2D eigenvalue weighted by molar-refractivity contribution is 6.09. The summed E-state index contributed by atoms with van der Waals surface area (Å²) in [7, 11) is 0. The lowest BCUT2D eigenvalue weighted by Gasteiger charge is -2.22. The van der Waals surface area contributed by atoms with Crippen LogP contribution in [0.5, 0.6) is 0 Å². The van der Waals surface area contributed by atoms with Crippen LogP contribution in [0.25, 0.3) is 0 Å². The van der Waals surface area contributed by atoms with Crippen LogP contribution in [0.15, 0.2) is 54.6 Å². The number of hydrogen-bond donors (Lipinski definition) is 3. The molecule has 2 aromatic carbocycles. The number of nitrogens with two attached hydrogens (primary N) is 1. The molecule has 1 aliphatic heterocycles. The van der Waals surface area contributed by atoms with E-state index in [2.05, 4.69) is 10.6 Å². The Morgan fingerprint density at radius 1 is 1.14 bits per heavy atom. The Morgan fingerprint density at radius 2 is 1.79 bits per heavy atom. The van der Waals surface area contributed by atoms with Crippen molar-refractivity contribution in [2.24, 2.45) is 5.73 Å². The van der Waals surface area contributed by atoms with Gasteiger partial charge < -0.3 is 16.4 Å². The van der Waals surface area contributed by atoms with Crippen molar-refractivity contribution in [1.82, 2.24) is 15.5 Å². The Hall–Kier alpha value is -3.19. The SMILES string of the molecule is Cc1ccc(C2(C)NC(=O)N(CC(=O)NCC(N)c3ccccc3)C2=O)cc1. The summed E-state index contributed by atoms with van der Waals surface area (Å²) in [5.41, 5.74) is 7.49. The van der Waals surface area contributed by atoms with Gasteiger partial charge in [-0.2, -0.15) is 0 Å². The molecular weight excluding hydrogens is 356 g/mol. The zero-order valence-electron chi connectivity index (χ0n) is 15.9. The number of amides is 4. The number of imide groups is 1. The van der Waals surface area contributed by atoms with Gasteiger partial charge in [0.2, 0.25) is 5.91 Å². The molecule has 0 spiro atoms. The minimum absolute atomic E-state index is 0.210. The van der Waals surface area contributed by atoms with Crippen LogP contribution in [-0.2, 0) is 15.1 Å². The Morgan fingerprint density at radius 3 is 2.43 bits per heavy atom. The molecule has 0 aromatic heterocycles. The van der Waals surface area contributed by atoms with E-state index in [9.17, 15) is 14.4 Å². The second-order valence-electron chi connectivity index (χ2n) is 7.13. The summed E-state index contributed by atoms with van der Waals surface area (Å²) < 4.78 is 0. The number of hydrogen-bond acceptors (Lipinski definition) is 4. The molecule has 146 valence electrons. The number of nitrogens with one attached hydrogen (secondary N) is 2. The van der Waals surface area contributed by atoms with E-state index in [4.69, 9.17) is 5.73 Å². The lowest BCUT2D eigenvalue weighted by Crippen LogP contribution is -2.44.